The first-order chi connectivity index (χ1) is 18.2. The Labute approximate surface area is 225 Å². The van der Waals surface area contributed by atoms with E-state index in [9.17, 15) is 0 Å². The molecule has 0 bridgehead atoms. The van der Waals surface area contributed by atoms with E-state index in [0.29, 0.717) is 0 Å². The van der Waals surface area contributed by atoms with Crippen LogP contribution in [0.2, 0.25) is 0 Å². The van der Waals surface area contributed by atoms with Crippen LogP contribution in [0.3, 0.4) is 0 Å². The van der Waals surface area contributed by atoms with Gasteiger partial charge in [0, 0.05) is 0 Å². The molecule has 0 N–H and O–H groups in total. The minimum atomic E-state index is -2.61. The molecule has 4 heteroatoms. The molecule has 6 aromatic rings. The fraction of sp³-hybridized carbons (Fsp3) is 0.0909. The van der Waals surface area contributed by atoms with Gasteiger partial charge in [-0.3, -0.25) is 0 Å². The van der Waals surface area contributed by atoms with Crippen LogP contribution in [0.15, 0.2) is 129 Å². The fourth-order valence-electron chi connectivity index (χ4n) is 5.32. The molecule has 0 fully saturated rings. The molecule has 3 aromatic carbocycles. The number of fused-ring (bicyclic) bond motifs is 3. The molecular formula is C33H30BiN3. The van der Waals surface area contributed by atoms with Crippen LogP contribution in [0.1, 0.15) is 0 Å². The van der Waals surface area contributed by atoms with Crippen LogP contribution in [0.25, 0.3) is 32.7 Å². The monoisotopic (exact) mass is 677 g/mol. The molecule has 3 heterocycles. The average molecular weight is 678 g/mol. The summed E-state index contributed by atoms with van der Waals surface area (Å²) in [4.78, 5) is 0. The molecule has 6 rings (SSSR count). The molecule has 0 saturated heterocycles. The topological polar surface area (TPSA) is 14.8 Å². The molecule has 0 aliphatic carbocycles. The van der Waals surface area contributed by atoms with Crippen molar-refractivity contribution in [1.82, 2.24) is 13.7 Å². The second-order valence-corrected chi connectivity index (χ2v) is 18.0. The van der Waals surface area contributed by atoms with E-state index >= 15 is 0 Å². The van der Waals surface area contributed by atoms with E-state index in [1.54, 1.807) is 0 Å². The van der Waals surface area contributed by atoms with Crippen LogP contribution in [0.4, 0.5) is 0 Å². The standard InChI is InChI=1S/3C11H10N.Bi/c3*1-2-8-12-9-7-10-5-3-4-6-11(10)12;/h3*2,4-7,9H,1,8H2;. The number of benzene rings is 3. The predicted molar refractivity (Wildman–Crippen MR) is 161 cm³/mol. The summed E-state index contributed by atoms with van der Waals surface area (Å²) < 4.78 is 11.3. The van der Waals surface area contributed by atoms with Gasteiger partial charge in [-0.1, -0.05) is 0 Å². The molecule has 0 saturated carbocycles. The zero-order chi connectivity index (χ0) is 25.4. The zero-order valence-electron chi connectivity index (χ0n) is 20.9. The molecule has 0 spiro atoms. The summed E-state index contributed by atoms with van der Waals surface area (Å²) in [6, 6.07) is 28.1. The Morgan fingerprint density at radius 3 is 1.11 bits per heavy atom. The van der Waals surface area contributed by atoms with Gasteiger partial charge in [0.15, 0.2) is 0 Å². The average Bonchev–Trinajstić information content (AvgIpc) is 3.62. The molecule has 0 atom stereocenters. The SMILES string of the molecule is C=CCn1ccc2c[c]([Bi]([c]3ccc4c(ccn4CC=C)c3)[c]3ccc4c(ccn4CC=C)c3)ccc21. The molecular weight excluding hydrogens is 647 g/mol. The fourth-order valence-corrected chi connectivity index (χ4v) is 14.5. The van der Waals surface area contributed by atoms with Gasteiger partial charge >= 0.3 is 227 Å². The summed E-state index contributed by atoms with van der Waals surface area (Å²) in [5.41, 5.74) is 3.80. The molecule has 0 aliphatic heterocycles. The van der Waals surface area contributed by atoms with Crippen LogP contribution in [0.5, 0.6) is 0 Å². The van der Waals surface area contributed by atoms with Crippen molar-refractivity contribution in [3.8, 4) is 0 Å². The Bertz CT molecular complexity index is 1570. The van der Waals surface area contributed by atoms with Gasteiger partial charge in [-0.05, 0) is 0 Å². The summed E-state index contributed by atoms with van der Waals surface area (Å²) >= 11 is -2.61. The molecule has 182 valence electrons. The van der Waals surface area contributed by atoms with E-state index in [4.69, 9.17) is 0 Å². The second kappa shape index (κ2) is 10.0. The number of aromatic nitrogens is 3. The van der Waals surface area contributed by atoms with Crippen LogP contribution in [0, 0.1) is 0 Å². The van der Waals surface area contributed by atoms with Crippen molar-refractivity contribution >= 4 is 64.3 Å². The van der Waals surface area contributed by atoms with E-state index in [1.165, 1.54) is 42.5 Å². The third-order valence-corrected chi connectivity index (χ3v) is 16.3. The van der Waals surface area contributed by atoms with Gasteiger partial charge in [-0.15, -0.1) is 0 Å². The summed E-state index contributed by atoms with van der Waals surface area (Å²) in [7, 11) is 0. The van der Waals surface area contributed by atoms with Crippen molar-refractivity contribution in [1.29, 1.82) is 0 Å². The van der Waals surface area contributed by atoms with Crippen molar-refractivity contribution in [2.24, 2.45) is 0 Å². The van der Waals surface area contributed by atoms with Crippen molar-refractivity contribution in [3.05, 3.63) is 129 Å². The molecule has 0 amide bonds. The Balaban J connectivity index is 1.51. The Morgan fingerprint density at radius 2 is 0.811 bits per heavy atom. The number of hydrogen-bond donors (Lipinski definition) is 0. The van der Waals surface area contributed by atoms with Crippen LogP contribution < -0.4 is 9.81 Å². The molecule has 37 heavy (non-hydrogen) atoms. The van der Waals surface area contributed by atoms with E-state index in [1.807, 2.05) is 18.2 Å². The maximum absolute atomic E-state index is 3.92. The maximum atomic E-state index is 3.92. The first-order valence-corrected chi connectivity index (χ1v) is 17.8. The van der Waals surface area contributed by atoms with Crippen molar-refractivity contribution < 1.29 is 0 Å². The van der Waals surface area contributed by atoms with Gasteiger partial charge in [-0.2, -0.15) is 0 Å². The van der Waals surface area contributed by atoms with Gasteiger partial charge in [-0.25, -0.2) is 0 Å². The van der Waals surface area contributed by atoms with Gasteiger partial charge in [0.1, 0.15) is 0 Å². The van der Waals surface area contributed by atoms with E-state index in [0.717, 1.165) is 19.6 Å². The van der Waals surface area contributed by atoms with Gasteiger partial charge < -0.3 is 0 Å². The molecule has 0 aliphatic rings. The van der Waals surface area contributed by atoms with Crippen molar-refractivity contribution in [3.63, 3.8) is 0 Å². The number of nitrogens with zero attached hydrogens (tertiary/aromatic N) is 3. The minimum absolute atomic E-state index is 0.825. The first-order valence-electron chi connectivity index (χ1n) is 12.6. The first kappa shape index (κ1) is 23.8. The summed E-state index contributed by atoms with van der Waals surface area (Å²) in [6.07, 6.45) is 12.4. The predicted octanol–water partition coefficient (Wildman–Crippen LogP) is 5.62. The molecule has 3 nitrogen and oxygen atoms in total. The molecule has 0 radical (unpaired) electrons. The Morgan fingerprint density at radius 1 is 0.486 bits per heavy atom. The summed E-state index contributed by atoms with van der Waals surface area (Å²) in [5.74, 6) is 0. The van der Waals surface area contributed by atoms with E-state index in [2.05, 4.69) is 125 Å². The number of rotatable bonds is 9. The van der Waals surface area contributed by atoms with Crippen LogP contribution in [-0.4, -0.2) is 35.5 Å². The summed E-state index contributed by atoms with van der Waals surface area (Å²) in [6.45, 7) is 14.2. The third-order valence-electron chi connectivity index (χ3n) is 7.02. The number of hydrogen-bond acceptors (Lipinski definition) is 0. The summed E-state index contributed by atoms with van der Waals surface area (Å²) in [5, 5.41) is 3.90. The normalized spacial score (nSPS) is 11.6. The Hall–Kier alpha value is -3.62. The second-order valence-electron chi connectivity index (χ2n) is 9.34. The molecule has 0 unspecified atom stereocenters. The van der Waals surface area contributed by atoms with Crippen LogP contribution in [-0.2, 0) is 19.6 Å². The van der Waals surface area contributed by atoms with Gasteiger partial charge in [0.05, 0.1) is 0 Å². The van der Waals surface area contributed by atoms with Crippen LogP contribution >= 0.6 is 0 Å². The van der Waals surface area contributed by atoms with E-state index in [-0.39, 0.29) is 0 Å². The molecule has 3 aromatic heterocycles. The van der Waals surface area contributed by atoms with Crippen molar-refractivity contribution in [2.75, 3.05) is 0 Å². The quantitative estimate of drug-likeness (QED) is 0.140. The third kappa shape index (κ3) is 4.30. The van der Waals surface area contributed by atoms with Gasteiger partial charge in [0.2, 0.25) is 0 Å². The Kier molecular flexibility index (Phi) is 6.44. The number of allylic oxidation sites excluding steroid dienone is 3. The van der Waals surface area contributed by atoms with Gasteiger partial charge in [0.25, 0.3) is 0 Å². The van der Waals surface area contributed by atoms with E-state index < -0.39 is 21.8 Å². The zero-order valence-corrected chi connectivity index (χ0v) is 24.4. The van der Waals surface area contributed by atoms with Crippen molar-refractivity contribution in [2.45, 2.75) is 19.6 Å².